The average molecular weight is 253 g/mol. The van der Waals surface area contributed by atoms with Crippen LogP contribution < -0.4 is 10.6 Å². The summed E-state index contributed by atoms with van der Waals surface area (Å²) < 4.78 is 4.51. The van der Waals surface area contributed by atoms with E-state index in [-0.39, 0.29) is 18.5 Å². The highest BCUT2D eigenvalue weighted by molar-refractivity contribution is 6.39. The highest BCUT2D eigenvalue weighted by Crippen LogP contribution is 2.33. The number of aliphatic hydroxyl groups is 1. The molecule has 2 amide bonds. The van der Waals surface area contributed by atoms with Gasteiger partial charge in [0.15, 0.2) is 5.82 Å². The van der Waals surface area contributed by atoms with Gasteiger partial charge in [0.05, 0.1) is 6.10 Å². The molecule has 0 radical (unpaired) electrons. The summed E-state index contributed by atoms with van der Waals surface area (Å²) in [5.74, 6) is -0.996. The van der Waals surface area contributed by atoms with Crippen LogP contribution >= 0.6 is 0 Å². The van der Waals surface area contributed by atoms with E-state index in [9.17, 15) is 14.7 Å². The van der Waals surface area contributed by atoms with Crippen molar-refractivity contribution in [2.24, 2.45) is 5.92 Å². The Morgan fingerprint density at radius 3 is 2.89 bits per heavy atom. The lowest BCUT2D eigenvalue weighted by Crippen LogP contribution is -2.37. The summed E-state index contributed by atoms with van der Waals surface area (Å²) >= 11 is 0. The molecule has 0 aliphatic heterocycles. The summed E-state index contributed by atoms with van der Waals surface area (Å²) in [5.41, 5.74) is 0. The third kappa shape index (κ3) is 3.56. The van der Waals surface area contributed by atoms with Gasteiger partial charge in [-0.1, -0.05) is 5.16 Å². The second-order valence-corrected chi connectivity index (χ2v) is 4.29. The molecule has 1 aromatic heterocycles. The topological polar surface area (TPSA) is 104 Å². The van der Waals surface area contributed by atoms with Gasteiger partial charge in [-0.05, 0) is 25.2 Å². The molecule has 7 nitrogen and oxygen atoms in total. The van der Waals surface area contributed by atoms with Gasteiger partial charge in [0.25, 0.3) is 0 Å². The molecule has 1 aromatic rings. The second-order valence-electron chi connectivity index (χ2n) is 4.29. The maximum Gasteiger partial charge on any atom is 0.314 e. The van der Waals surface area contributed by atoms with Crippen LogP contribution in [0.25, 0.3) is 0 Å². The van der Waals surface area contributed by atoms with Crippen molar-refractivity contribution in [3.63, 3.8) is 0 Å². The summed E-state index contributed by atoms with van der Waals surface area (Å²) in [7, 11) is 0. The first-order valence-corrected chi connectivity index (χ1v) is 5.84. The summed E-state index contributed by atoms with van der Waals surface area (Å²) in [5, 5.41) is 17.7. The standard InChI is InChI=1S/C11H15N3O4/c15-8(7-1-2-7)3-5-12-10(16)11(17)13-9-4-6-18-14-9/h4,6-8,15H,1-3,5H2,(H,12,16)(H,13,14,17)/t8-/m0/s1. The van der Waals surface area contributed by atoms with E-state index in [0.29, 0.717) is 12.3 Å². The number of carbonyl (C=O) groups is 2. The molecule has 18 heavy (non-hydrogen) atoms. The summed E-state index contributed by atoms with van der Waals surface area (Å²) in [4.78, 5) is 22.7. The largest absolute Gasteiger partial charge is 0.393 e. The predicted molar refractivity (Wildman–Crippen MR) is 61.5 cm³/mol. The number of nitrogens with zero attached hydrogens (tertiary/aromatic N) is 1. The van der Waals surface area contributed by atoms with E-state index in [4.69, 9.17) is 0 Å². The number of nitrogens with one attached hydrogen (secondary N) is 2. The van der Waals surface area contributed by atoms with Crippen LogP contribution in [-0.4, -0.2) is 34.7 Å². The summed E-state index contributed by atoms with van der Waals surface area (Å²) in [6, 6.07) is 1.43. The van der Waals surface area contributed by atoms with Crippen molar-refractivity contribution in [1.82, 2.24) is 10.5 Å². The minimum Gasteiger partial charge on any atom is -0.393 e. The average Bonchev–Trinajstić information content (AvgIpc) is 3.08. The van der Waals surface area contributed by atoms with Crippen LogP contribution in [0.3, 0.4) is 0 Å². The Kier molecular flexibility index (Phi) is 3.93. The van der Waals surface area contributed by atoms with Crippen LogP contribution in [0.1, 0.15) is 19.3 Å². The number of rotatable bonds is 5. The number of anilines is 1. The Bertz CT molecular complexity index is 414. The fraction of sp³-hybridized carbons (Fsp3) is 0.545. The van der Waals surface area contributed by atoms with Crippen molar-refractivity contribution in [2.75, 3.05) is 11.9 Å². The van der Waals surface area contributed by atoms with Gasteiger partial charge in [0, 0.05) is 12.6 Å². The lowest BCUT2D eigenvalue weighted by Gasteiger charge is -2.09. The van der Waals surface area contributed by atoms with Gasteiger partial charge < -0.3 is 14.9 Å². The number of hydrogen-bond donors (Lipinski definition) is 3. The molecule has 3 N–H and O–H groups in total. The fourth-order valence-electron chi connectivity index (χ4n) is 1.58. The smallest absolute Gasteiger partial charge is 0.314 e. The van der Waals surface area contributed by atoms with Gasteiger partial charge in [0.2, 0.25) is 0 Å². The third-order valence-electron chi connectivity index (χ3n) is 2.78. The minimum absolute atomic E-state index is 0.188. The molecule has 1 saturated carbocycles. The normalized spacial score (nSPS) is 16.1. The third-order valence-corrected chi connectivity index (χ3v) is 2.78. The monoisotopic (exact) mass is 253 g/mol. The molecular weight excluding hydrogens is 238 g/mol. The van der Waals surface area contributed by atoms with E-state index < -0.39 is 11.8 Å². The summed E-state index contributed by atoms with van der Waals surface area (Å²) in [6.45, 7) is 0.280. The van der Waals surface area contributed by atoms with Crippen LogP contribution in [0.2, 0.25) is 0 Å². The maximum absolute atomic E-state index is 11.4. The van der Waals surface area contributed by atoms with E-state index in [1.165, 1.54) is 12.3 Å². The molecule has 1 atom stereocenters. The first-order chi connectivity index (χ1) is 8.66. The van der Waals surface area contributed by atoms with E-state index >= 15 is 0 Å². The molecule has 0 unspecified atom stereocenters. The molecule has 1 aliphatic carbocycles. The van der Waals surface area contributed by atoms with E-state index in [0.717, 1.165) is 12.8 Å². The Balaban J connectivity index is 1.65. The molecule has 0 aromatic carbocycles. The lowest BCUT2D eigenvalue weighted by atomic mass is 10.2. The van der Waals surface area contributed by atoms with Crippen LogP contribution in [-0.2, 0) is 9.59 Å². The first-order valence-electron chi connectivity index (χ1n) is 5.84. The van der Waals surface area contributed by atoms with Crippen molar-refractivity contribution in [2.45, 2.75) is 25.4 Å². The quantitative estimate of drug-likeness (QED) is 0.635. The number of aromatic nitrogens is 1. The zero-order valence-electron chi connectivity index (χ0n) is 9.76. The van der Waals surface area contributed by atoms with Gasteiger partial charge in [-0.3, -0.25) is 14.9 Å². The molecule has 1 fully saturated rings. The van der Waals surface area contributed by atoms with Crippen LogP contribution in [0.5, 0.6) is 0 Å². The van der Waals surface area contributed by atoms with E-state index in [2.05, 4.69) is 20.3 Å². The van der Waals surface area contributed by atoms with Crippen LogP contribution in [0.4, 0.5) is 5.82 Å². The van der Waals surface area contributed by atoms with Crippen molar-refractivity contribution >= 4 is 17.6 Å². The highest BCUT2D eigenvalue weighted by atomic mass is 16.5. The predicted octanol–water partition coefficient (Wildman–Crippen LogP) is -0.110. The Labute approximate surface area is 104 Å². The molecule has 2 rings (SSSR count). The van der Waals surface area contributed by atoms with Gasteiger partial charge in [-0.2, -0.15) is 0 Å². The molecule has 0 spiro atoms. The lowest BCUT2D eigenvalue weighted by molar-refractivity contribution is -0.136. The number of hydrogen-bond acceptors (Lipinski definition) is 5. The molecular formula is C11H15N3O4. The zero-order valence-corrected chi connectivity index (χ0v) is 9.76. The Morgan fingerprint density at radius 2 is 2.28 bits per heavy atom. The Hall–Kier alpha value is -1.89. The molecule has 0 saturated heterocycles. The molecule has 0 bridgehead atoms. The number of carbonyl (C=O) groups excluding carboxylic acids is 2. The SMILES string of the molecule is O=C(NCC[C@H](O)C1CC1)C(=O)Nc1ccon1. The van der Waals surface area contributed by atoms with Crippen molar-refractivity contribution in [3.8, 4) is 0 Å². The fourth-order valence-corrected chi connectivity index (χ4v) is 1.58. The first kappa shape index (κ1) is 12.6. The van der Waals surface area contributed by atoms with Gasteiger partial charge in [-0.25, -0.2) is 0 Å². The molecule has 98 valence electrons. The molecule has 1 aliphatic rings. The molecule has 7 heteroatoms. The Morgan fingerprint density at radius 1 is 1.50 bits per heavy atom. The van der Waals surface area contributed by atoms with E-state index in [1.54, 1.807) is 0 Å². The second kappa shape index (κ2) is 5.63. The van der Waals surface area contributed by atoms with Crippen molar-refractivity contribution in [1.29, 1.82) is 0 Å². The number of aliphatic hydroxyl groups excluding tert-OH is 1. The van der Waals surface area contributed by atoms with Gasteiger partial charge >= 0.3 is 11.8 Å². The van der Waals surface area contributed by atoms with Gasteiger partial charge in [0.1, 0.15) is 6.26 Å². The highest BCUT2D eigenvalue weighted by Gasteiger charge is 2.29. The summed E-state index contributed by atoms with van der Waals surface area (Å²) in [6.07, 6.45) is 3.46. The van der Waals surface area contributed by atoms with Crippen molar-refractivity contribution < 1.29 is 19.2 Å². The maximum atomic E-state index is 11.4. The zero-order chi connectivity index (χ0) is 13.0. The minimum atomic E-state index is -0.801. The van der Waals surface area contributed by atoms with E-state index in [1.807, 2.05) is 0 Å². The van der Waals surface area contributed by atoms with Crippen LogP contribution in [0.15, 0.2) is 16.9 Å². The number of amides is 2. The van der Waals surface area contributed by atoms with Gasteiger partial charge in [-0.15, -0.1) is 0 Å². The van der Waals surface area contributed by atoms with Crippen molar-refractivity contribution in [3.05, 3.63) is 12.3 Å². The van der Waals surface area contributed by atoms with Crippen LogP contribution in [0, 0.1) is 5.92 Å². The molecule has 1 heterocycles.